The summed E-state index contributed by atoms with van der Waals surface area (Å²) in [7, 11) is 0. The number of rotatable bonds is 18. The van der Waals surface area contributed by atoms with Gasteiger partial charge in [0.2, 0.25) is 23.6 Å². The van der Waals surface area contributed by atoms with E-state index in [-0.39, 0.29) is 25.7 Å². The summed E-state index contributed by atoms with van der Waals surface area (Å²) >= 11 is 0. The topological polar surface area (TPSA) is 257 Å². The highest BCUT2D eigenvalue weighted by Gasteiger charge is 2.31. The number of primary amides is 1. The first-order valence-corrected chi connectivity index (χ1v) is 12.1. The fourth-order valence-electron chi connectivity index (χ4n) is 3.47. The summed E-state index contributed by atoms with van der Waals surface area (Å²) in [5.74, 6) is -6.24. The monoisotopic (exact) mass is 536 g/mol. The van der Waals surface area contributed by atoms with Gasteiger partial charge in [0.15, 0.2) is 0 Å². The lowest BCUT2D eigenvalue weighted by Gasteiger charge is -2.24. The molecule has 0 radical (unpaired) electrons. The lowest BCUT2D eigenvalue weighted by atomic mass is 10.0. The molecule has 11 N–H and O–H groups in total. The van der Waals surface area contributed by atoms with Gasteiger partial charge in [0.05, 0.1) is 12.5 Å². The number of carboxylic acids is 2. The van der Waals surface area contributed by atoms with Crippen LogP contribution in [-0.4, -0.2) is 76.5 Å². The molecule has 0 fully saturated rings. The summed E-state index contributed by atoms with van der Waals surface area (Å²) in [5, 5.41) is 25.5. The smallest absolute Gasteiger partial charge is 0.326 e. The van der Waals surface area contributed by atoms with E-state index in [9.17, 15) is 39.0 Å². The molecule has 38 heavy (non-hydrogen) atoms. The number of carboxylic acid groups (broad SMARTS) is 2. The molecule has 210 valence electrons. The highest BCUT2D eigenvalue weighted by molar-refractivity contribution is 5.95. The second-order valence-corrected chi connectivity index (χ2v) is 8.71. The van der Waals surface area contributed by atoms with Crippen molar-refractivity contribution in [1.82, 2.24) is 16.0 Å². The quantitative estimate of drug-likeness (QED) is 0.0953. The summed E-state index contributed by atoms with van der Waals surface area (Å²) in [6.07, 6.45) is -0.294. The zero-order valence-electron chi connectivity index (χ0n) is 20.9. The lowest BCUT2D eigenvalue weighted by Crippen LogP contribution is -2.57. The number of amides is 4. The van der Waals surface area contributed by atoms with Crippen LogP contribution in [0.25, 0.3) is 0 Å². The van der Waals surface area contributed by atoms with Crippen LogP contribution in [-0.2, 0) is 35.2 Å². The molecule has 0 heterocycles. The van der Waals surface area contributed by atoms with Crippen molar-refractivity contribution < 1.29 is 39.0 Å². The SMILES string of the molecule is NCCCCC(NC(=O)C(CCC(N)=O)NC(=O)C(CC(=O)O)NC(=O)C(N)Cc1ccccc1)C(=O)O. The van der Waals surface area contributed by atoms with Gasteiger partial charge in [-0.05, 0) is 44.2 Å². The standard InChI is InChI=1S/C24H36N6O8/c25-11-5-4-8-17(24(37)38)29-22(35)16(9-10-19(27)31)28-23(36)18(13-20(32)33)30-21(34)15(26)12-14-6-2-1-3-7-14/h1-3,6-7,15-18H,4-5,8-13,25-26H2,(H2,27,31)(H,28,36)(H,29,35)(H,30,34)(H,32,33)(H,37,38). The average molecular weight is 537 g/mol. The minimum Gasteiger partial charge on any atom is -0.481 e. The minimum absolute atomic E-state index is 0.0752. The van der Waals surface area contributed by atoms with Crippen LogP contribution in [0.15, 0.2) is 30.3 Å². The average Bonchev–Trinajstić information content (AvgIpc) is 2.85. The zero-order valence-corrected chi connectivity index (χ0v) is 20.9. The molecule has 4 amide bonds. The van der Waals surface area contributed by atoms with Gasteiger partial charge in [0.1, 0.15) is 18.1 Å². The highest BCUT2D eigenvalue weighted by Crippen LogP contribution is 2.06. The predicted octanol–water partition coefficient (Wildman–Crippen LogP) is -2.04. The fraction of sp³-hybridized carbons (Fsp3) is 0.500. The van der Waals surface area contributed by atoms with Crippen LogP contribution in [0.2, 0.25) is 0 Å². The Labute approximate surface area is 219 Å². The number of carbonyl (C=O) groups is 6. The number of carbonyl (C=O) groups excluding carboxylic acids is 4. The van der Waals surface area contributed by atoms with Crippen LogP contribution in [0.1, 0.15) is 44.1 Å². The number of aliphatic carboxylic acids is 2. The van der Waals surface area contributed by atoms with E-state index in [1.165, 1.54) is 0 Å². The summed E-state index contributed by atoms with van der Waals surface area (Å²) in [5.41, 5.74) is 17.2. The normalized spacial score (nSPS) is 13.8. The first kappa shape index (κ1) is 32.0. The Morgan fingerprint density at radius 1 is 0.789 bits per heavy atom. The van der Waals surface area contributed by atoms with E-state index in [0.29, 0.717) is 19.4 Å². The molecule has 0 bridgehead atoms. The molecule has 1 rings (SSSR count). The number of hydrogen-bond acceptors (Lipinski definition) is 8. The van der Waals surface area contributed by atoms with Crippen molar-refractivity contribution in [2.45, 2.75) is 69.1 Å². The van der Waals surface area contributed by atoms with Crippen molar-refractivity contribution in [3.63, 3.8) is 0 Å². The first-order chi connectivity index (χ1) is 17.9. The van der Waals surface area contributed by atoms with Gasteiger partial charge in [0.25, 0.3) is 0 Å². The van der Waals surface area contributed by atoms with E-state index < -0.39 is 66.2 Å². The largest absolute Gasteiger partial charge is 0.481 e. The minimum atomic E-state index is -1.61. The molecular formula is C24H36N6O8. The molecule has 0 saturated carbocycles. The molecular weight excluding hydrogens is 500 g/mol. The Morgan fingerprint density at radius 2 is 1.37 bits per heavy atom. The third kappa shape index (κ3) is 12.3. The third-order valence-corrected chi connectivity index (χ3v) is 5.52. The van der Waals surface area contributed by atoms with E-state index in [1.807, 2.05) is 0 Å². The van der Waals surface area contributed by atoms with Gasteiger partial charge in [-0.1, -0.05) is 30.3 Å². The molecule has 14 nitrogen and oxygen atoms in total. The van der Waals surface area contributed by atoms with Crippen LogP contribution in [0.5, 0.6) is 0 Å². The first-order valence-electron chi connectivity index (χ1n) is 12.1. The number of nitrogens with one attached hydrogen (secondary N) is 3. The molecule has 0 aromatic heterocycles. The van der Waals surface area contributed by atoms with E-state index in [2.05, 4.69) is 16.0 Å². The molecule has 1 aromatic carbocycles. The second kappa shape index (κ2) is 16.7. The van der Waals surface area contributed by atoms with Gasteiger partial charge in [-0.15, -0.1) is 0 Å². The summed E-state index contributed by atoms with van der Waals surface area (Å²) < 4.78 is 0. The van der Waals surface area contributed by atoms with Crippen molar-refractivity contribution in [2.75, 3.05) is 6.54 Å². The highest BCUT2D eigenvalue weighted by atomic mass is 16.4. The van der Waals surface area contributed by atoms with Gasteiger partial charge in [-0.25, -0.2) is 4.79 Å². The van der Waals surface area contributed by atoms with E-state index in [1.54, 1.807) is 30.3 Å². The van der Waals surface area contributed by atoms with Gasteiger partial charge in [0, 0.05) is 6.42 Å². The molecule has 0 aliphatic carbocycles. The zero-order chi connectivity index (χ0) is 28.7. The summed E-state index contributed by atoms with van der Waals surface area (Å²) in [4.78, 5) is 72.6. The number of nitrogens with two attached hydrogens (primary N) is 3. The van der Waals surface area contributed by atoms with Gasteiger partial charge in [-0.2, -0.15) is 0 Å². The van der Waals surface area contributed by atoms with Crippen molar-refractivity contribution in [2.24, 2.45) is 17.2 Å². The van der Waals surface area contributed by atoms with E-state index >= 15 is 0 Å². The van der Waals surface area contributed by atoms with Crippen molar-refractivity contribution >= 4 is 35.6 Å². The van der Waals surface area contributed by atoms with Crippen LogP contribution >= 0.6 is 0 Å². The van der Waals surface area contributed by atoms with Gasteiger partial charge < -0.3 is 43.4 Å². The van der Waals surface area contributed by atoms with E-state index in [4.69, 9.17) is 17.2 Å². The Bertz CT molecular complexity index is 974. The number of unbranched alkanes of at least 4 members (excludes halogenated alkanes) is 1. The van der Waals surface area contributed by atoms with Crippen molar-refractivity contribution in [3.05, 3.63) is 35.9 Å². The Hall–Kier alpha value is -4.04. The molecule has 4 atom stereocenters. The predicted molar refractivity (Wildman–Crippen MR) is 135 cm³/mol. The Kier molecular flexibility index (Phi) is 14.0. The maximum absolute atomic E-state index is 12.9. The fourth-order valence-corrected chi connectivity index (χ4v) is 3.47. The van der Waals surface area contributed by atoms with Gasteiger partial charge >= 0.3 is 11.9 Å². The van der Waals surface area contributed by atoms with Crippen LogP contribution in [0.4, 0.5) is 0 Å². The Balaban J connectivity index is 2.97. The molecule has 4 unspecified atom stereocenters. The summed E-state index contributed by atoms with van der Waals surface area (Å²) in [6.45, 7) is 0.337. The van der Waals surface area contributed by atoms with Crippen LogP contribution in [0.3, 0.4) is 0 Å². The molecule has 0 spiro atoms. The summed E-state index contributed by atoms with van der Waals surface area (Å²) in [6, 6.07) is 3.37. The van der Waals surface area contributed by atoms with Crippen LogP contribution < -0.4 is 33.2 Å². The molecule has 0 aliphatic rings. The second-order valence-electron chi connectivity index (χ2n) is 8.71. The molecule has 0 saturated heterocycles. The van der Waals surface area contributed by atoms with Gasteiger partial charge in [-0.3, -0.25) is 24.0 Å². The molecule has 1 aromatic rings. The maximum Gasteiger partial charge on any atom is 0.326 e. The Morgan fingerprint density at radius 3 is 1.92 bits per heavy atom. The maximum atomic E-state index is 12.9. The van der Waals surface area contributed by atoms with E-state index in [0.717, 1.165) is 5.56 Å². The number of hydrogen-bond donors (Lipinski definition) is 8. The van der Waals surface area contributed by atoms with Crippen LogP contribution in [0, 0.1) is 0 Å². The molecule has 14 heteroatoms. The van der Waals surface area contributed by atoms with Crippen molar-refractivity contribution in [3.8, 4) is 0 Å². The third-order valence-electron chi connectivity index (χ3n) is 5.52. The lowest BCUT2D eigenvalue weighted by molar-refractivity contribution is -0.143. The molecule has 0 aliphatic heterocycles. The number of benzene rings is 1. The van der Waals surface area contributed by atoms with Crippen molar-refractivity contribution in [1.29, 1.82) is 0 Å².